The van der Waals surface area contributed by atoms with E-state index in [-0.39, 0.29) is 0 Å². The summed E-state index contributed by atoms with van der Waals surface area (Å²) in [6.45, 7) is 0. The third-order valence-corrected chi connectivity index (χ3v) is 22.2. The number of hydrogen-bond acceptors (Lipinski definition) is 4. The van der Waals surface area contributed by atoms with E-state index < -0.39 is 0 Å². The number of rotatable bonds is 9. The molecule has 0 bridgehead atoms. The molecule has 2 aliphatic rings. The van der Waals surface area contributed by atoms with Crippen LogP contribution < -0.4 is 4.90 Å². The molecular weight excluding hydrogens is 1300 g/mol. The van der Waals surface area contributed by atoms with E-state index in [0.29, 0.717) is 17.5 Å². The highest BCUT2D eigenvalue weighted by Gasteiger charge is 2.28. The molecule has 0 unspecified atom stereocenters. The molecule has 0 saturated heterocycles. The minimum absolute atomic E-state index is 0.641. The zero-order valence-corrected chi connectivity index (χ0v) is 58.0. The molecule has 3 aromatic heterocycles. The van der Waals surface area contributed by atoms with E-state index in [4.69, 9.17) is 15.0 Å². The maximum atomic E-state index is 5.08. The quantitative estimate of drug-likeness (QED) is 0.145. The molecule has 18 aromatic carbocycles. The minimum atomic E-state index is 0.641. The van der Waals surface area contributed by atoms with Crippen molar-refractivity contribution in [1.29, 1.82) is 0 Å². The Morgan fingerprint density at radius 3 is 0.935 bits per heavy atom. The van der Waals surface area contributed by atoms with E-state index in [1.165, 1.54) is 148 Å². The smallest absolute Gasteiger partial charge is 0.164 e. The first kappa shape index (κ1) is 60.3. The van der Waals surface area contributed by atoms with Gasteiger partial charge in [0, 0.05) is 66.7 Å². The molecule has 0 atom stereocenters. The summed E-state index contributed by atoms with van der Waals surface area (Å²) in [5, 5.41) is 17.8. The zero-order chi connectivity index (χ0) is 70.2. The van der Waals surface area contributed by atoms with Crippen LogP contribution in [0.4, 0.5) is 17.1 Å². The van der Waals surface area contributed by atoms with Gasteiger partial charge in [0.2, 0.25) is 0 Å². The topological polar surface area (TPSA) is 51.8 Å². The van der Waals surface area contributed by atoms with Gasteiger partial charge in [0.25, 0.3) is 0 Å². The van der Waals surface area contributed by atoms with Crippen molar-refractivity contribution in [1.82, 2.24) is 24.1 Å². The van der Waals surface area contributed by atoms with Crippen LogP contribution in [0, 0.1) is 0 Å². The van der Waals surface area contributed by atoms with E-state index >= 15 is 0 Å². The van der Waals surface area contributed by atoms with Gasteiger partial charge in [-0.2, -0.15) is 0 Å². The first-order chi connectivity index (χ1) is 53.0. The van der Waals surface area contributed by atoms with Crippen LogP contribution in [0.5, 0.6) is 0 Å². The summed E-state index contributed by atoms with van der Waals surface area (Å²) in [5.74, 6) is 1.94. The van der Waals surface area contributed by atoms with Crippen LogP contribution >= 0.6 is 0 Å². The van der Waals surface area contributed by atoms with Crippen molar-refractivity contribution >= 4 is 115 Å². The van der Waals surface area contributed by atoms with E-state index in [1.807, 2.05) is 30.3 Å². The maximum absolute atomic E-state index is 5.08. The highest BCUT2D eigenvalue weighted by atomic mass is 15.1. The van der Waals surface area contributed by atoms with Crippen LogP contribution in [-0.2, 0) is 0 Å². The van der Waals surface area contributed by atoms with Gasteiger partial charge in [0.05, 0.1) is 22.1 Å². The van der Waals surface area contributed by atoms with Gasteiger partial charge in [0.1, 0.15) is 0 Å². The van der Waals surface area contributed by atoms with Crippen LogP contribution in [0.25, 0.3) is 199 Å². The highest BCUT2D eigenvalue weighted by molar-refractivity contribution is 6.32. The second-order valence-corrected chi connectivity index (χ2v) is 28.2. The molecule has 0 amide bonds. The lowest BCUT2D eigenvalue weighted by Crippen LogP contribution is -2.09. The fourth-order valence-electron chi connectivity index (χ4n) is 17.3. The lowest BCUT2D eigenvalue weighted by Gasteiger charge is -2.25. The number of aromatic nitrogens is 5. The Morgan fingerprint density at radius 2 is 0.486 bits per heavy atom. The SMILES string of the molecule is c1ccc(-c2nc(-c3ccc(-n4c5cccc6c5c5c7c(cccc7ccc54)-c4cc5ccccc5cc4-6)cc3)nc(-c3ccc4ccccc4c3)n2)cc1.c1ccc(N(c2ccccc2)c2ccc(-c3ccc(-n4c5cccc6c5c5c7c(cccc7ccc54)-c4cc5ccccc5cc4-6)cc3)cc2)cc1. The lowest BCUT2D eigenvalue weighted by molar-refractivity contribution is 1.07. The van der Waals surface area contributed by atoms with Gasteiger partial charge in [-0.05, 0) is 237 Å². The number of para-hydroxylation sites is 2. The first-order valence-electron chi connectivity index (χ1n) is 36.6. The van der Waals surface area contributed by atoms with Crippen molar-refractivity contribution in [2.24, 2.45) is 0 Å². The summed E-state index contributed by atoms with van der Waals surface area (Å²) >= 11 is 0. The summed E-state index contributed by atoms with van der Waals surface area (Å²) in [5.41, 5.74) is 26.0. The predicted octanol–water partition coefficient (Wildman–Crippen LogP) is 27.0. The predicted molar refractivity (Wildman–Crippen MR) is 448 cm³/mol. The molecule has 107 heavy (non-hydrogen) atoms. The normalized spacial score (nSPS) is 11.9. The van der Waals surface area contributed by atoms with Crippen molar-refractivity contribution in [3.05, 3.63) is 376 Å². The van der Waals surface area contributed by atoms with Gasteiger partial charge < -0.3 is 14.0 Å². The third kappa shape index (κ3) is 9.70. The maximum Gasteiger partial charge on any atom is 0.164 e. The van der Waals surface area contributed by atoms with Crippen LogP contribution in [0.2, 0.25) is 0 Å². The van der Waals surface area contributed by atoms with Crippen molar-refractivity contribution in [3.8, 4) is 101 Å². The average molecular weight is 1360 g/mol. The highest BCUT2D eigenvalue weighted by Crippen LogP contribution is 2.53. The van der Waals surface area contributed by atoms with Crippen molar-refractivity contribution < 1.29 is 0 Å². The molecule has 6 heteroatoms. The Hall–Kier alpha value is -14.3. The van der Waals surface area contributed by atoms with Gasteiger partial charge >= 0.3 is 0 Å². The molecule has 3 heterocycles. The summed E-state index contributed by atoms with van der Waals surface area (Å²) in [6, 6.07) is 136. The zero-order valence-electron chi connectivity index (χ0n) is 58.0. The molecule has 0 aliphatic heterocycles. The van der Waals surface area contributed by atoms with Crippen molar-refractivity contribution in [2.75, 3.05) is 4.90 Å². The third-order valence-electron chi connectivity index (χ3n) is 22.2. The van der Waals surface area contributed by atoms with Gasteiger partial charge in [0.15, 0.2) is 17.5 Å². The Kier molecular flexibility index (Phi) is 13.6. The first-order valence-corrected chi connectivity index (χ1v) is 36.6. The lowest BCUT2D eigenvalue weighted by atomic mass is 9.91. The van der Waals surface area contributed by atoms with Crippen LogP contribution in [0.3, 0.4) is 0 Å². The van der Waals surface area contributed by atoms with E-state index in [2.05, 4.69) is 360 Å². The molecule has 0 spiro atoms. The second kappa shape index (κ2) is 24.1. The Morgan fingerprint density at radius 1 is 0.178 bits per heavy atom. The molecule has 0 saturated carbocycles. The number of anilines is 3. The number of nitrogens with zero attached hydrogens (tertiary/aromatic N) is 6. The fourth-order valence-corrected chi connectivity index (χ4v) is 17.3. The number of benzene rings is 18. The fraction of sp³-hybridized carbons (Fsp3) is 0. The molecule has 21 aromatic rings. The van der Waals surface area contributed by atoms with E-state index in [1.54, 1.807) is 0 Å². The minimum Gasteiger partial charge on any atom is -0.311 e. The molecule has 23 rings (SSSR count). The largest absolute Gasteiger partial charge is 0.311 e. The second-order valence-electron chi connectivity index (χ2n) is 28.2. The van der Waals surface area contributed by atoms with Crippen molar-refractivity contribution in [3.63, 3.8) is 0 Å². The number of hydrogen-bond donors (Lipinski definition) is 0. The molecule has 0 radical (unpaired) electrons. The van der Waals surface area contributed by atoms with Gasteiger partial charge in [-0.15, -0.1) is 0 Å². The Bertz CT molecular complexity index is 7160. The van der Waals surface area contributed by atoms with Crippen molar-refractivity contribution in [2.45, 2.75) is 0 Å². The van der Waals surface area contributed by atoms with Crippen LogP contribution in [0.1, 0.15) is 0 Å². The molecule has 496 valence electrons. The van der Waals surface area contributed by atoms with Gasteiger partial charge in [-0.3, -0.25) is 0 Å². The van der Waals surface area contributed by atoms with Crippen LogP contribution in [-0.4, -0.2) is 24.1 Å². The standard InChI is InChI=1S/C51H30N4.C50H32N2/c1-2-11-33(12-3-1)49-52-50(54-51(53-49)38-21-20-31-10-4-5-13-35(31)28-38)34-22-25-39(26-23-34)55-44-19-9-18-41-43-30-37-15-7-6-14-36(37)29-42(43)40-17-8-16-32-24-27-45(55)48(46(32)40)47(41)44;1-3-14-38(15-4-1)51(39-16-5-2-6-17-39)40-26-21-33(22-27-40)34-23-28-41(29-24-34)52-46-20-10-19-43-45-32-37-12-8-7-11-36(37)31-44(45)42-18-9-13-35-25-30-47(52)50(48(35)42)49(43)46/h1-30H;1-32H. The van der Waals surface area contributed by atoms with E-state index in [9.17, 15) is 0 Å². The molecule has 0 fully saturated rings. The monoisotopic (exact) mass is 1360 g/mol. The Balaban J connectivity index is 0.000000133. The summed E-state index contributed by atoms with van der Waals surface area (Å²) < 4.78 is 4.88. The Labute approximate surface area is 616 Å². The summed E-state index contributed by atoms with van der Waals surface area (Å²) in [6.07, 6.45) is 0. The van der Waals surface area contributed by atoms with Gasteiger partial charge in [-0.1, -0.05) is 249 Å². The van der Waals surface area contributed by atoms with E-state index in [0.717, 1.165) is 50.5 Å². The van der Waals surface area contributed by atoms with Gasteiger partial charge in [-0.25, -0.2) is 15.0 Å². The average Bonchev–Trinajstić information content (AvgIpc) is 1.55. The molecule has 0 N–H and O–H groups in total. The molecular formula is C101H62N6. The summed E-state index contributed by atoms with van der Waals surface area (Å²) in [4.78, 5) is 17.4. The summed E-state index contributed by atoms with van der Waals surface area (Å²) in [7, 11) is 0. The molecule has 2 aliphatic carbocycles. The number of fused-ring (bicyclic) bond motifs is 9. The molecule has 6 nitrogen and oxygen atoms in total. The van der Waals surface area contributed by atoms with Crippen LogP contribution in [0.15, 0.2) is 376 Å².